The van der Waals surface area contributed by atoms with Crippen molar-refractivity contribution in [1.29, 1.82) is 0 Å². The van der Waals surface area contributed by atoms with Crippen molar-refractivity contribution in [3.8, 4) is 5.75 Å². The summed E-state index contributed by atoms with van der Waals surface area (Å²) in [4.78, 5) is 37.8. The second kappa shape index (κ2) is 8.25. The number of anilines is 1. The van der Waals surface area contributed by atoms with Gasteiger partial charge in [0.1, 0.15) is 5.75 Å². The molecule has 2 aromatic rings. The molecule has 9 heteroatoms. The fraction of sp³-hybridized carbons (Fsp3) is 0.292. The molecule has 5 rings (SSSR count). The lowest BCUT2D eigenvalue weighted by molar-refractivity contribution is -0.137. The molecular formula is C24H25N5O4. The van der Waals surface area contributed by atoms with Crippen molar-refractivity contribution in [2.75, 3.05) is 39.3 Å². The molecule has 33 heavy (non-hydrogen) atoms. The largest absolute Gasteiger partial charge is 0.495 e. The van der Waals surface area contributed by atoms with Crippen LogP contribution in [0.1, 0.15) is 5.56 Å². The first kappa shape index (κ1) is 21.0. The number of fused-ring (bicyclic) bond motifs is 3. The zero-order valence-corrected chi connectivity index (χ0v) is 18.7. The van der Waals surface area contributed by atoms with E-state index in [9.17, 15) is 9.59 Å². The number of guanidine groups is 1. The van der Waals surface area contributed by atoms with Crippen molar-refractivity contribution in [2.24, 2.45) is 4.99 Å². The smallest absolute Gasteiger partial charge is 0.328 e. The summed E-state index contributed by atoms with van der Waals surface area (Å²) in [7, 11) is 4.84. The van der Waals surface area contributed by atoms with Gasteiger partial charge in [-0.25, -0.2) is 9.79 Å². The monoisotopic (exact) mass is 447 g/mol. The molecule has 0 bridgehead atoms. The average molecular weight is 447 g/mol. The molecule has 3 aliphatic rings. The topological polar surface area (TPSA) is 77.9 Å². The van der Waals surface area contributed by atoms with E-state index in [0.29, 0.717) is 11.7 Å². The SMILES string of the molecule is COCCN1C(=O)C2C(N=C3N(c4ccccc4OC)C(c4ccccc4)=CN32)N(C)C1=O. The molecule has 0 saturated carbocycles. The first-order valence-corrected chi connectivity index (χ1v) is 10.7. The van der Waals surface area contributed by atoms with Gasteiger partial charge >= 0.3 is 6.03 Å². The van der Waals surface area contributed by atoms with Crippen LogP contribution in [0.25, 0.3) is 5.70 Å². The molecule has 9 nitrogen and oxygen atoms in total. The third kappa shape index (κ3) is 3.23. The minimum Gasteiger partial charge on any atom is -0.495 e. The summed E-state index contributed by atoms with van der Waals surface area (Å²) in [5, 5.41) is 0. The highest BCUT2D eigenvalue weighted by atomic mass is 16.5. The Morgan fingerprint density at radius 2 is 1.73 bits per heavy atom. The predicted octanol–water partition coefficient (Wildman–Crippen LogP) is 2.42. The van der Waals surface area contributed by atoms with Gasteiger partial charge in [0, 0.05) is 25.9 Å². The molecule has 2 unspecified atom stereocenters. The van der Waals surface area contributed by atoms with Crippen molar-refractivity contribution in [1.82, 2.24) is 14.7 Å². The van der Waals surface area contributed by atoms with Crippen molar-refractivity contribution >= 4 is 29.3 Å². The molecule has 0 aromatic heterocycles. The first-order valence-electron chi connectivity index (χ1n) is 10.7. The van der Waals surface area contributed by atoms with Gasteiger partial charge in [0.15, 0.2) is 12.2 Å². The van der Waals surface area contributed by atoms with Crippen LogP contribution in [-0.4, -0.2) is 79.2 Å². The van der Waals surface area contributed by atoms with Crippen LogP contribution in [0.4, 0.5) is 10.5 Å². The quantitative estimate of drug-likeness (QED) is 0.677. The van der Waals surface area contributed by atoms with Crippen LogP contribution < -0.4 is 9.64 Å². The van der Waals surface area contributed by atoms with Crippen LogP contribution in [0.3, 0.4) is 0 Å². The Labute approximate surface area is 192 Å². The lowest BCUT2D eigenvalue weighted by Gasteiger charge is -2.40. The molecule has 0 aliphatic carbocycles. The Kier molecular flexibility index (Phi) is 5.26. The van der Waals surface area contributed by atoms with Gasteiger partial charge in [0.2, 0.25) is 5.96 Å². The minimum atomic E-state index is -0.655. The average Bonchev–Trinajstić information content (AvgIpc) is 3.39. The van der Waals surface area contributed by atoms with E-state index in [0.717, 1.165) is 16.9 Å². The summed E-state index contributed by atoms with van der Waals surface area (Å²) in [6.45, 7) is 0.464. The summed E-state index contributed by atoms with van der Waals surface area (Å²) in [5.74, 6) is 0.968. The molecule has 3 aliphatic heterocycles. The van der Waals surface area contributed by atoms with E-state index in [1.54, 1.807) is 21.3 Å². The van der Waals surface area contributed by atoms with E-state index >= 15 is 0 Å². The van der Waals surface area contributed by atoms with Crippen LogP contribution in [-0.2, 0) is 9.53 Å². The number of rotatable bonds is 6. The molecule has 2 atom stereocenters. The van der Waals surface area contributed by atoms with Crippen LogP contribution in [0.2, 0.25) is 0 Å². The van der Waals surface area contributed by atoms with E-state index in [-0.39, 0.29) is 25.1 Å². The number of carbonyl (C=O) groups excluding carboxylic acids is 2. The number of para-hydroxylation sites is 2. The van der Waals surface area contributed by atoms with Gasteiger partial charge in [0.25, 0.3) is 5.91 Å². The molecule has 170 valence electrons. The number of amides is 3. The Bertz CT molecular complexity index is 1150. The van der Waals surface area contributed by atoms with Gasteiger partial charge in [-0.2, -0.15) is 0 Å². The first-order chi connectivity index (χ1) is 16.1. The van der Waals surface area contributed by atoms with Crippen molar-refractivity contribution < 1.29 is 19.1 Å². The molecular weight excluding hydrogens is 422 g/mol. The second-order valence-corrected chi connectivity index (χ2v) is 7.96. The molecule has 1 saturated heterocycles. The van der Waals surface area contributed by atoms with E-state index in [1.807, 2.05) is 70.6 Å². The van der Waals surface area contributed by atoms with Crippen LogP contribution >= 0.6 is 0 Å². The van der Waals surface area contributed by atoms with E-state index in [2.05, 4.69) is 0 Å². The number of ether oxygens (including phenoxy) is 2. The van der Waals surface area contributed by atoms with E-state index in [4.69, 9.17) is 14.5 Å². The van der Waals surface area contributed by atoms with Crippen molar-refractivity contribution in [3.05, 3.63) is 66.4 Å². The Morgan fingerprint density at radius 1 is 1.00 bits per heavy atom. The van der Waals surface area contributed by atoms with Gasteiger partial charge in [-0.1, -0.05) is 42.5 Å². The Hall–Kier alpha value is -3.85. The maximum absolute atomic E-state index is 13.5. The fourth-order valence-corrected chi connectivity index (χ4v) is 4.49. The normalized spacial score (nSPS) is 21.8. The number of hydrogen-bond acceptors (Lipinski definition) is 7. The van der Waals surface area contributed by atoms with Gasteiger partial charge in [-0.15, -0.1) is 0 Å². The Balaban J connectivity index is 1.61. The Morgan fingerprint density at radius 3 is 2.45 bits per heavy atom. The third-order valence-corrected chi connectivity index (χ3v) is 6.13. The fourth-order valence-electron chi connectivity index (χ4n) is 4.49. The number of likely N-dealkylation sites (N-methyl/N-ethyl adjacent to an activating group) is 1. The standard InChI is InChI=1S/C24H25N5O4/c1-26-21-20(22(30)27(24(26)31)13-14-32-2)28-15-18(16-9-5-4-6-10-16)29(23(28)25-21)17-11-7-8-12-19(17)33-3/h4-12,15,20-21H,13-14H2,1-3H3. The summed E-state index contributed by atoms with van der Waals surface area (Å²) < 4.78 is 10.7. The van der Waals surface area contributed by atoms with E-state index in [1.165, 1.54) is 9.80 Å². The molecule has 3 amide bonds. The highest BCUT2D eigenvalue weighted by molar-refractivity contribution is 6.16. The van der Waals surface area contributed by atoms with Gasteiger partial charge in [0.05, 0.1) is 31.6 Å². The maximum Gasteiger partial charge on any atom is 0.328 e. The number of hydrogen-bond donors (Lipinski definition) is 0. The summed E-state index contributed by atoms with van der Waals surface area (Å²) in [6, 6.07) is 16.6. The molecule has 0 spiro atoms. The zero-order chi connectivity index (χ0) is 23.1. The van der Waals surface area contributed by atoms with Crippen molar-refractivity contribution in [2.45, 2.75) is 12.2 Å². The van der Waals surface area contributed by atoms with Crippen LogP contribution in [0.15, 0.2) is 65.8 Å². The van der Waals surface area contributed by atoms with Crippen LogP contribution in [0.5, 0.6) is 5.75 Å². The highest BCUT2D eigenvalue weighted by Crippen LogP contribution is 2.42. The van der Waals surface area contributed by atoms with E-state index < -0.39 is 12.2 Å². The minimum absolute atomic E-state index is 0.191. The predicted molar refractivity (Wildman–Crippen MR) is 123 cm³/mol. The number of urea groups is 1. The molecule has 2 aromatic carbocycles. The van der Waals surface area contributed by atoms with Gasteiger partial charge in [-0.05, 0) is 12.1 Å². The number of benzene rings is 2. The summed E-state index contributed by atoms with van der Waals surface area (Å²) >= 11 is 0. The number of aliphatic imine (C=N–C) groups is 1. The lowest BCUT2D eigenvalue weighted by atomic mass is 10.1. The van der Waals surface area contributed by atoms with Gasteiger partial charge in [-0.3, -0.25) is 19.5 Å². The number of imide groups is 1. The highest BCUT2D eigenvalue weighted by Gasteiger charge is 2.55. The number of carbonyl (C=O) groups is 2. The van der Waals surface area contributed by atoms with Crippen LogP contribution in [0, 0.1) is 0 Å². The number of methoxy groups -OCH3 is 2. The molecule has 1 fully saturated rings. The molecule has 3 heterocycles. The molecule has 0 N–H and O–H groups in total. The summed E-state index contributed by atoms with van der Waals surface area (Å²) in [5.41, 5.74) is 2.64. The zero-order valence-electron chi connectivity index (χ0n) is 18.7. The maximum atomic E-state index is 13.5. The second-order valence-electron chi connectivity index (χ2n) is 7.96. The summed E-state index contributed by atoms with van der Waals surface area (Å²) in [6.07, 6.45) is 1.31. The third-order valence-electron chi connectivity index (χ3n) is 6.13. The molecule has 0 radical (unpaired) electrons. The number of nitrogens with zero attached hydrogens (tertiary/aromatic N) is 5. The lowest BCUT2D eigenvalue weighted by Crippen LogP contribution is -2.64. The van der Waals surface area contributed by atoms with Gasteiger partial charge < -0.3 is 14.4 Å². The van der Waals surface area contributed by atoms with Crippen molar-refractivity contribution in [3.63, 3.8) is 0 Å².